The lowest BCUT2D eigenvalue weighted by atomic mass is 10.2. The fourth-order valence-corrected chi connectivity index (χ4v) is 7.95. The second kappa shape index (κ2) is 7.60. The number of benzene rings is 2. The number of nitrogens with zero attached hydrogens (tertiary/aromatic N) is 1. The van der Waals surface area contributed by atoms with Gasteiger partial charge in [0.2, 0.25) is 5.88 Å². The van der Waals surface area contributed by atoms with Gasteiger partial charge < -0.3 is 9.53 Å². The highest BCUT2D eigenvalue weighted by Gasteiger charge is 2.52. The molecule has 0 atom stereocenters. The number of carboxylic acid groups (broad SMARTS) is 1. The van der Waals surface area contributed by atoms with Crippen molar-refractivity contribution >= 4 is 24.7 Å². The maximum absolute atomic E-state index is 11.6. The molecule has 3 rings (SSSR count). The number of rotatable bonds is 5. The van der Waals surface area contributed by atoms with Crippen molar-refractivity contribution < 1.29 is 14.3 Å². The number of hydrogen-bond acceptors (Lipinski definition) is 3. The molecule has 0 saturated heterocycles. The summed E-state index contributed by atoms with van der Waals surface area (Å²) in [5.74, 6) is -0.706. The van der Waals surface area contributed by atoms with E-state index in [1.54, 1.807) is 19.1 Å². The van der Waals surface area contributed by atoms with Crippen LogP contribution in [0.1, 0.15) is 36.8 Å². The first-order valence-electron chi connectivity index (χ1n) is 9.27. The van der Waals surface area contributed by atoms with Crippen molar-refractivity contribution in [2.45, 2.75) is 32.7 Å². The Labute approximate surface area is 167 Å². The molecule has 2 aromatic carbocycles. The van der Waals surface area contributed by atoms with Gasteiger partial charge in [0.15, 0.2) is 5.69 Å². The molecule has 0 spiro atoms. The Hall–Kier alpha value is -2.92. The smallest absolute Gasteiger partial charge is 0.354 e. The largest absolute Gasteiger partial charge is 0.521 e. The lowest BCUT2D eigenvalue weighted by molar-refractivity contribution is 0.0689. The summed E-state index contributed by atoms with van der Waals surface area (Å²) < 4.78 is 6.75. The maximum Gasteiger partial charge on any atom is 0.354 e. The highest BCUT2D eigenvalue weighted by atomic mass is 28.4. The molecule has 0 saturated carbocycles. The molecule has 1 N–H and O–H groups in total. The van der Waals surface area contributed by atoms with Gasteiger partial charge in [0.1, 0.15) is 0 Å². The Morgan fingerprint density at radius 1 is 0.893 bits per heavy atom. The third-order valence-corrected chi connectivity index (χ3v) is 9.87. The van der Waals surface area contributed by atoms with E-state index in [4.69, 9.17) is 4.43 Å². The van der Waals surface area contributed by atoms with Crippen LogP contribution in [0.15, 0.2) is 72.8 Å². The van der Waals surface area contributed by atoms with Gasteiger partial charge in [0.25, 0.3) is 0 Å². The Kier molecular flexibility index (Phi) is 5.38. The van der Waals surface area contributed by atoms with Crippen molar-refractivity contribution in [1.29, 1.82) is 0 Å². The molecule has 5 heteroatoms. The van der Waals surface area contributed by atoms with Crippen molar-refractivity contribution in [2.24, 2.45) is 0 Å². The molecular formula is C23H25NO3Si. The zero-order chi connectivity index (χ0) is 20.4. The predicted molar refractivity (Wildman–Crippen MR) is 114 cm³/mol. The Balaban J connectivity index is 2.25. The molecule has 0 aliphatic heterocycles. The molecule has 28 heavy (non-hydrogen) atoms. The molecule has 3 aromatic rings. The van der Waals surface area contributed by atoms with Crippen molar-refractivity contribution in [3.8, 4) is 5.88 Å². The molecule has 0 amide bonds. The SMILES string of the molecule is Cc1ccc(O[Si](c2ccccc2)(c2ccccc2)C(C)(C)C)nc1C(=O)O. The summed E-state index contributed by atoms with van der Waals surface area (Å²) in [5, 5.41) is 11.5. The zero-order valence-corrected chi connectivity index (χ0v) is 17.6. The van der Waals surface area contributed by atoms with E-state index < -0.39 is 14.3 Å². The number of pyridine rings is 1. The van der Waals surface area contributed by atoms with Gasteiger partial charge in [-0.3, -0.25) is 0 Å². The summed E-state index contributed by atoms with van der Waals surface area (Å²) in [6.45, 7) is 8.26. The van der Waals surface area contributed by atoms with Gasteiger partial charge in [-0.1, -0.05) is 87.5 Å². The molecule has 0 aliphatic rings. The maximum atomic E-state index is 11.6. The third kappa shape index (κ3) is 3.58. The Morgan fingerprint density at radius 2 is 1.39 bits per heavy atom. The van der Waals surface area contributed by atoms with E-state index in [2.05, 4.69) is 50.0 Å². The molecule has 1 aromatic heterocycles. The van der Waals surface area contributed by atoms with Crippen LogP contribution in [0.5, 0.6) is 5.88 Å². The van der Waals surface area contributed by atoms with Crippen LogP contribution < -0.4 is 14.8 Å². The van der Waals surface area contributed by atoms with E-state index >= 15 is 0 Å². The first-order chi connectivity index (χ1) is 13.3. The van der Waals surface area contributed by atoms with E-state index in [1.165, 1.54) is 0 Å². The van der Waals surface area contributed by atoms with Crippen LogP contribution in [0, 0.1) is 6.92 Å². The Bertz CT molecular complexity index is 927. The van der Waals surface area contributed by atoms with Crippen LogP contribution in [-0.4, -0.2) is 24.4 Å². The fraction of sp³-hybridized carbons (Fsp3) is 0.217. The summed E-state index contributed by atoms with van der Waals surface area (Å²) in [5.41, 5.74) is 0.637. The molecule has 0 fully saturated rings. The normalized spacial score (nSPS) is 11.9. The number of aryl methyl sites for hydroxylation is 1. The molecule has 144 valence electrons. The number of carboxylic acids is 1. The molecule has 1 heterocycles. The highest BCUT2D eigenvalue weighted by Crippen LogP contribution is 2.37. The molecular weight excluding hydrogens is 366 g/mol. The van der Waals surface area contributed by atoms with Crippen LogP contribution in [0.2, 0.25) is 5.04 Å². The van der Waals surface area contributed by atoms with E-state index in [9.17, 15) is 9.90 Å². The molecule has 4 nitrogen and oxygen atoms in total. The summed E-state index contributed by atoms with van der Waals surface area (Å²) in [6.07, 6.45) is 0. The lowest BCUT2D eigenvalue weighted by Gasteiger charge is -2.42. The van der Waals surface area contributed by atoms with Gasteiger partial charge in [0.05, 0.1) is 0 Å². The lowest BCUT2D eigenvalue weighted by Crippen LogP contribution is -2.69. The monoisotopic (exact) mass is 391 g/mol. The van der Waals surface area contributed by atoms with Gasteiger partial charge in [-0.25, -0.2) is 9.78 Å². The first-order valence-corrected chi connectivity index (χ1v) is 11.2. The minimum atomic E-state index is -2.82. The van der Waals surface area contributed by atoms with Crippen molar-refractivity contribution in [2.75, 3.05) is 0 Å². The fourth-order valence-electron chi connectivity index (χ4n) is 3.59. The number of carbonyl (C=O) groups is 1. The summed E-state index contributed by atoms with van der Waals surface area (Å²) in [6, 6.07) is 23.9. The number of aromatic nitrogens is 1. The minimum Gasteiger partial charge on any atom is -0.521 e. The van der Waals surface area contributed by atoms with Crippen LogP contribution >= 0.6 is 0 Å². The topological polar surface area (TPSA) is 59.4 Å². The molecule has 0 unspecified atom stereocenters. The predicted octanol–water partition coefficient (Wildman–Crippen LogP) is 4.03. The standard InChI is InChI=1S/C23H25NO3Si/c1-17-15-16-20(24-21(17)22(25)26)27-28(23(2,3)4,18-11-7-5-8-12-18)19-13-9-6-10-14-19/h5-16H,1-4H3,(H,25,26). The van der Waals surface area contributed by atoms with E-state index in [0.717, 1.165) is 10.4 Å². The third-order valence-electron chi connectivity index (χ3n) is 4.95. The first kappa shape index (κ1) is 19.8. The van der Waals surface area contributed by atoms with Gasteiger partial charge in [0, 0.05) is 0 Å². The van der Waals surface area contributed by atoms with Crippen LogP contribution in [-0.2, 0) is 0 Å². The van der Waals surface area contributed by atoms with Gasteiger partial charge >= 0.3 is 14.3 Å². The molecule has 0 aliphatic carbocycles. The minimum absolute atomic E-state index is 0.0235. The van der Waals surface area contributed by atoms with Crippen molar-refractivity contribution in [3.05, 3.63) is 84.1 Å². The summed E-state index contributed by atoms with van der Waals surface area (Å²) in [4.78, 5) is 15.9. The number of hydrogen-bond donors (Lipinski definition) is 1. The highest BCUT2D eigenvalue weighted by molar-refractivity contribution is 7.00. The van der Waals surface area contributed by atoms with Crippen LogP contribution in [0.25, 0.3) is 0 Å². The van der Waals surface area contributed by atoms with E-state index in [-0.39, 0.29) is 10.7 Å². The van der Waals surface area contributed by atoms with Crippen molar-refractivity contribution in [1.82, 2.24) is 4.98 Å². The average Bonchev–Trinajstić information content (AvgIpc) is 2.67. The van der Waals surface area contributed by atoms with Crippen LogP contribution in [0.4, 0.5) is 0 Å². The average molecular weight is 392 g/mol. The molecule has 0 bridgehead atoms. The number of aromatic carboxylic acids is 1. The van der Waals surface area contributed by atoms with Gasteiger partial charge in [-0.15, -0.1) is 0 Å². The van der Waals surface area contributed by atoms with Crippen molar-refractivity contribution in [3.63, 3.8) is 0 Å². The second-order valence-electron chi connectivity index (χ2n) is 7.89. The van der Waals surface area contributed by atoms with Gasteiger partial charge in [-0.2, -0.15) is 0 Å². The molecule has 0 radical (unpaired) electrons. The Morgan fingerprint density at radius 3 is 1.82 bits per heavy atom. The quantitative estimate of drug-likeness (QED) is 0.667. The zero-order valence-electron chi connectivity index (χ0n) is 16.6. The van der Waals surface area contributed by atoms with E-state index in [1.807, 2.05) is 36.4 Å². The van der Waals surface area contributed by atoms with Gasteiger partial charge in [-0.05, 0) is 34.0 Å². The summed E-state index contributed by atoms with van der Waals surface area (Å²) >= 11 is 0. The van der Waals surface area contributed by atoms with Crippen LogP contribution in [0.3, 0.4) is 0 Å². The second-order valence-corrected chi connectivity index (χ2v) is 12.1. The van der Waals surface area contributed by atoms with E-state index in [0.29, 0.717) is 11.4 Å². The summed E-state index contributed by atoms with van der Waals surface area (Å²) in [7, 11) is -2.82.